The summed E-state index contributed by atoms with van der Waals surface area (Å²) < 4.78 is 0. The molecule has 0 amide bonds. The maximum Gasteiger partial charge on any atom is 0.00465 e. The molecule has 0 nitrogen and oxygen atoms in total. The van der Waals surface area contributed by atoms with Crippen molar-refractivity contribution < 1.29 is 0 Å². The highest BCUT2D eigenvalue weighted by atomic mass is 32.1. The fourth-order valence-corrected chi connectivity index (χ4v) is 4.90. The van der Waals surface area contributed by atoms with Gasteiger partial charge in [-0.1, -0.05) is 72.8 Å². The van der Waals surface area contributed by atoms with Crippen LogP contribution in [-0.4, -0.2) is 0 Å². The lowest BCUT2D eigenvalue weighted by Crippen LogP contribution is -2.20. The van der Waals surface area contributed by atoms with Crippen LogP contribution in [0.15, 0.2) is 89.8 Å². The van der Waals surface area contributed by atoms with E-state index < -0.39 is 7.92 Å². The lowest BCUT2D eigenvalue weighted by Gasteiger charge is -2.19. The van der Waals surface area contributed by atoms with Crippen molar-refractivity contribution in [1.82, 2.24) is 0 Å². The highest BCUT2D eigenvalue weighted by Crippen LogP contribution is 2.32. The van der Waals surface area contributed by atoms with Crippen LogP contribution in [0.25, 0.3) is 0 Å². The normalized spacial score (nSPS) is 10.7. The molecule has 0 aliphatic carbocycles. The highest BCUT2D eigenvalue weighted by molar-refractivity contribution is 7.81. The second kappa shape index (κ2) is 6.26. The van der Waals surface area contributed by atoms with Gasteiger partial charge in [-0.2, -0.15) is 0 Å². The quantitative estimate of drug-likeness (QED) is 0.552. The third-order valence-electron chi connectivity index (χ3n) is 3.12. The van der Waals surface area contributed by atoms with Gasteiger partial charge in [0.2, 0.25) is 0 Å². The molecule has 0 aromatic heterocycles. The van der Waals surface area contributed by atoms with E-state index in [9.17, 15) is 0 Å². The molecule has 0 aliphatic heterocycles. The van der Waals surface area contributed by atoms with Gasteiger partial charge in [-0.05, 0) is 36.0 Å². The van der Waals surface area contributed by atoms with Crippen LogP contribution >= 0.6 is 20.6 Å². The Morgan fingerprint density at radius 1 is 0.550 bits per heavy atom. The van der Waals surface area contributed by atoms with E-state index in [1.807, 2.05) is 6.07 Å². The van der Waals surface area contributed by atoms with Crippen molar-refractivity contribution in [2.24, 2.45) is 0 Å². The molecule has 3 aromatic rings. The summed E-state index contributed by atoms with van der Waals surface area (Å²) in [5.74, 6) is 0. The molecule has 3 aromatic carbocycles. The maximum absolute atomic E-state index is 4.48. The molecular formula is C18H15PS. The van der Waals surface area contributed by atoms with Crippen LogP contribution in [0, 0.1) is 0 Å². The summed E-state index contributed by atoms with van der Waals surface area (Å²) in [6.45, 7) is 0. The molecule has 0 fully saturated rings. The standard InChI is InChI=1S/C18H15PS/c20-18-13-7-12-17(14-18)19(15-8-3-1-4-9-15)16-10-5-2-6-11-16/h1-14,20H. The molecule has 0 atom stereocenters. The summed E-state index contributed by atoms with van der Waals surface area (Å²) in [6, 6.07) is 29.9. The maximum atomic E-state index is 4.48. The molecular weight excluding hydrogens is 279 g/mol. The lowest BCUT2D eigenvalue weighted by molar-refractivity contribution is 1.51. The van der Waals surface area contributed by atoms with Crippen molar-refractivity contribution in [3.05, 3.63) is 84.9 Å². The Bertz CT molecular complexity index is 641. The van der Waals surface area contributed by atoms with Crippen LogP contribution in [0.3, 0.4) is 0 Å². The van der Waals surface area contributed by atoms with E-state index in [2.05, 4.69) is 91.5 Å². The first-order valence-electron chi connectivity index (χ1n) is 6.54. The molecule has 98 valence electrons. The summed E-state index contributed by atoms with van der Waals surface area (Å²) in [5.41, 5.74) is 0. The molecule has 2 heteroatoms. The van der Waals surface area contributed by atoms with E-state index in [4.69, 9.17) is 0 Å². The van der Waals surface area contributed by atoms with E-state index >= 15 is 0 Å². The van der Waals surface area contributed by atoms with Crippen molar-refractivity contribution in [2.75, 3.05) is 0 Å². The molecule has 0 saturated carbocycles. The minimum Gasteiger partial charge on any atom is -0.143 e. The SMILES string of the molecule is Sc1cccc(P(c2ccccc2)c2ccccc2)c1. The van der Waals surface area contributed by atoms with Crippen LogP contribution in [0.1, 0.15) is 0 Å². The Kier molecular flexibility index (Phi) is 4.20. The highest BCUT2D eigenvalue weighted by Gasteiger charge is 2.15. The van der Waals surface area contributed by atoms with Gasteiger partial charge < -0.3 is 0 Å². The molecule has 0 saturated heterocycles. The number of hydrogen-bond acceptors (Lipinski definition) is 1. The van der Waals surface area contributed by atoms with Crippen LogP contribution < -0.4 is 15.9 Å². The summed E-state index contributed by atoms with van der Waals surface area (Å²) in [5, 5.41) is 4.07. The zero-order valence-corrected chi connectivity index (χ0v) is 12.8. The van der Waals surface area contributed by atoms with Crippen LogP contribution in [0.2, 0.25) is 0 Å². The Morgan fingerprint density at radius 3 is 1.55 bits per heavy atom. The van der Waals surface area contributed by atoms with E-state index in [1.165, 1.54) is 15.9 Å². The van der Waals surface area contributed by atoms with Crippen LogP contribution in [-0.2, 0) is 0 Å². The fraction of sp³-hybridized carbons (Fsp3) is 0. The second-order valence-corrected chi connectivity index (χ2v) is 7.26. The zero-order chi connectivity index (χ0) is 13.8. The summed E-state index contributed by atoms with van der Waals surface area (Å²) in [7, 11) is -0.511. The number of rotatable bonds is 3. The first kappa shape index (κ1) is 13.4. The monoisotopic (exact) mass is 294 g/mol. The van der Waals surface area contributed by atoms with Gasteiger partial charge in [0.25, 0.3) is 0 Å². The molecule has 0 aliphatic rings. The van der Waals surface area contributed by atoms with Crippen molar-refractivity contribution in [1.29, 1.82) is 0 Å². The van der Waals surface area contributed by atoms with Crippen molar-refractivity contribution >= 4 is 36.5 Å². The van der Waals surface area contributed by atoms with Gasteiger partial charge in [0.15, 0.2) is 0 Å². The molecule has 0 unspecified atom stereocenters. The smallest absolute Gasteiger partial charge is 0.00465 e. The fourth-order valence-electron chi connectivity index (χ4n) is 2.23. The lowest BCUT2D eigenvalue weighted by atomic mass is 10.3. The van der Waals surface area contributed by atoms with Crippen LogP contribution in [0.4, 0.5) is 0 Å². The number of benzene rings is 3. The van der Waals surface area contributed by atoms with Gasteiger partial charge >= 0.3 is 0 Å². The average molecular weight is 294 g/mol. The summed E-state index contributed by atoms with van der Waals surface area (Å²) >= 11 is 4.48. The minimum atomic E-state index is -0.511. The molecule has 0 N–H and O–H groups in total. The van der Waals surface area contributed by atoms with Gasteiger partial charge in [-0.15, -0.1) is 12.6 Å². The van der Waals surface area contributed by atoms with Gasteiger partial charge in [-0.3, -0.25) is 0 Å². The van der Waals surface area contributed by atoms with E-state index in [1.54, 1.807) is 0 Å². The number of hydrogen-bond donors (Lipinski definition) is 1. The summed E-state index contributed by atoms with van der Waals surface area (Å²) in [6.07, 6.45) is 0. The Hall–Kier alpha value is -1.56. The van der Waals surface area contributed by atoms with E-state index in [0.717, 1.165) is 4.90 Å². The van der Waals surface area contributed by atoms with Gasteiger partial charge in [0, 0.05) is 4.90 Å². The van der Waals surface area contributed by atoms with E-state index in [-0.39, 0.29) is 0 Å². The first-order chi connectivity index (χ1) is 9.84. The van der Waals surface area contributed by atoms with Gasteiger partial charge in [0.1, 0.15) is 0 Å². The number of thiol groups is 1. The Labute approximate surface area is 126 Å². The largest absolute Gasteiger partial charge is 0.143 e. The average Bonchev–Trinajstić information content (AvgIpc) is 2.50. The molecule has 3 rings (SSSR count). The molecule has 20 heavy (non-hydrogen) atoms. The predicted octanol–water partition coefficient (Wildman–Crippen LogP) is 3.73. The molecule has 0 bridgehead atoms. The minimum absolute atomic E-state index is 0.511. The van der Waals surface area contributed by atoms with Gasteiger partial charge in [0.05, 0.1) is 0 Å². The third-order valence-corrected chi connectivity index (χ3v) is 5.82. The Balaban J connectivity index is 2.14. The second-order valence-electron chi connectivity index (χ2n) is 4.53. The third kappa shape index (κ3) is 2.95. The van der Waals surface area contributed by atoms with Gasteiger partial charge in [-0.25, -0.2) is 0 Å². The topological polar surface area (TPSA) is 0 Å². The van der Waals surface area contributed by atoms with Crippen molar-refractivity contribution in [3.8, 4) is 0 Å². The Morgan fingerprint density at radius 2 is 1.05 bits per heavy atom. The molecule has 0 radical (unpaired) electrons. The zero-order valence-electron chi connectivity index (χ0n) is 11.0. The predicted molar refractivity (Wildman–Crippen MR) is 92.4 cm³/mol. The summed E-state index contributed by atoms with van der Waals surface area (Å²) in [4.78, 5) is 1.02. The molecule has 0 spiro atoms. The molecule has 0 heterocycles. The van der Waals surface area contributed by atoms with Crippen LogP contribution in [0.5, 0.6) is 0 Å². The van der Waals surface area contributed by atoms with E-state index in [0.29, 0.717) is 0 Å². The van der Waals surface area contributed by atoms with Crippen molar-refractivity contribution in [3.63, 3.8) is 0 Å². The van der Waals surface area contributed by atoms with Crippen molar-refractivity contribution in [2.45, 2.75) is 4.90 Å². The first-order valence-corrected chi connectivity index (χ1v) is 8.33.